The van der Waals surface area contributed by atoms with E-state index in [9.17, 15) is 9.59 Å². The maximum Gasteiger partial charge on any atom is 0.322 e. The van der Waals surface area contributed by atoms with Gasteiger partial charge in [-0.15, -0.1) is 11.3 Å². The molecule has 0 unspecified atom stereocenters. The summed E-state index contributed by atoms with van der Waals surface area (Å²) in [6, 6.07) is 9.08. The molecule has 0 spiro atoms. The third-order valence-corrected chi connectivity index (χ3v) is 5.20. The van der Waals surface area contributed by atoms with Gasteiger partial charge in [0.05, 0.1) is 13.2 Å². The molecule has 144 valence electrons. The number of urea groups is 1. The van der Waals surface area contributed by atoms with Crippen molar-refractivity contribution in [2.24, 2.45) is 0 Å². The molecule has 1 N–H and O–H groups in total. The van der Waals surface area contributed by atoms with E-state index in [0.717, 1.165) is 36.6 Å². The van der Waals surface area contributed by atoms with E-state index >= 15 is 0 Å². The number of methoxy groups -OCH3 is 1. The molecule has 1 aliphatic heterocycles. The molecule has 3 rings (SSSR count). The first-order valence-electron chi connectivity index (χ1n) is 9.01. The molecular weight excluding hydrogens is 364 g/mol. The number of hydrogen-bond acceptors (Lipinski definition) is 5. The van der Waals surface area contributed by atoms with Gasteiger partial charge in [0.15, 0.2) is 0 Å². The molecule has 2 aromatic rings. The number of ether oxygens (including phenoxy) is 1. The molecule has 0 saturated carbocycles. The largest absolute Gasteiger partial charge is 0.383 e. The second kappa shape index (κ2) is 9.48. The van der Waals surface area contributed by atoms with Crippen LogP contribution in [0, 0.1) is 0 Å². The van der Waals surface area contributed by atoms with E-state index in [2.05, 4.69) is 10.3 Å². The average molecular weight is 388 g/mol. The van der Waals surface area contributed by atoms with Gasteiger partial charge in [0.25, 0.3) is 5.91 Å². The van der Waals surface area contributed by atoms with E-state index in [-0.39, 0.29) is 11.9 Å². The molecule has 1 aliphatic rings. The quantitative estimate of drug-likeness (QED) is 0.791. The van der Waals surface area contributed by atoms with Crippen LogP contribution in [0.15, 0.2) is 35.7 Å². The van der Waals surface area contributed by atoms with Crippen molar-refractivity contribution in [2.45, 2.75) is 19.4 Å². The number of anilines is 1. The molecule has 0 bridgehead atoms. The Morgan fingerprint density at radius 3 is 2.70 bits per heavy atom. The number of carbonyl (C=O) groups excluding carboxylic acids is 2. The monoisotopic (exact) mass is 388 g/mol. The van der Waals surface area contributed by atoms with Crippen LogP contribution >= 0.6 is 11.3 Å². The predicted octanol–water partition coefficient (Wildman–Crippen LogP) is 3.06. The lowest BCUT2D eigenvalue weighted by Gasteiger charge is -2.21. The highest BCUT2D eigenvalue weighted by Gasteiger charge is 2.23. The molecule has 27 heavy (non-hydrogen) atoms. The number of amides is 3. The summed E-state index contributed by atoms with van der Waals surface area (Å²) < 4.78 is 5.12. The summed E-state index contributed by atoms with van der Waals surface area (Å²) in [5, 5.41) is 5.39. The van der Waals surface area contributed by atoms with E-state index < -0.39 is 0 Å². The van der Waals surface area contributed by atoms with Crippen LogP contribution in [0.25, 0.3) is 0 Å². The second-order valence-electron chi connectivity index (χ2n) is 6.34. The van der Waals surface area contributed by atoms with Gasteiger partial charge in [0, 0.05) is 37.8 Å². The van der Waals surface area contributed by atoms with Crippen molar-refractivity contribution in [2.75, 3.05) is 38.7 Å². The van der Waals surface area contributed by atoms with Crippen LogP contribution in [0.4, 0.5) is 10.5 Å². The molecule has 7 nitrogen and oxygen atoms in total. The van der Waals surface area contributed by atoms with Crippen LogP contribution in [0.3, 0.4) is 0 Å². The lowest BCUT2D eigenvalue weighted by atomic mass is 10.3. The fourth-order valence-corrected chi connectivity index (χ4v) is 3.69. The van der Waals surface area contributed by atoms with Crippen LogP contribution < -0.4 is 5.32 Å². The fourth-order valence-electron chi connectivity index (χ4n) is 2.91. The van der Waals surface area contributed by atoms with Crippen molar-refractivity contribution in [3.05, 3.63) is 46.4 Å². The highest BCUT2D eigenvalue weighted by atomic mass is 32.1. The summed E-state index contributed by atoms with van der Waals surface area (Å²) in [5.74, 6) is -0.0211. The zero-order valence-corrected chi connectivity index (χ0v) is 16.2. The standard InChI is InChI=1S/C19H24N4O3S/c1-26-12-11-23(19(25)20-15-7-3-2-4-8-15)13-17-21-16(14-27-17)18(24)22-9-5-6-10-22/h2-4,7-8,14H,5-6,9-13H2,1H3,(H,20,25). The van der Waals surface area contributed by atoms with Crippen LogP contribution in [-0.4, -0.2) is 60.1 Å². The maximum atomic E-state index is 12.6. The Labute approximate surface area is 162 Å². The Hall–Kier alpha value is -2.45. The van der Waals surface area contributed by atoms with Gasteiger partial charge in [-0.1, -0.05) is 18.2 Å². The first-order valence-corrected chi connectivity index (χ1v) is 9.89. The first-order chi connectivity index (χ1) is 13.2. The second-order valence-corrected chi connectivity index (χ2v) is 7.28. The van der Waals surface area contributed by atoms with Gasteiger partial charge in [-0.05, 0) is 25.0 Å². The zero-order chi connectivity index (χ0) is 19.1. The highest BCUT2D eigenvalue weighted by Crippen LogP contribution is 2.17. The summed E-state index contributed by atoms with van der Waals surface area (Å²) >= 11 is 1.40. The van der Waals surface area contributed by atoms with Gasteiger partial charge >= 0.3 is 6.03 Å². The van der Waals surface area contributed by atoms with Crippen molar-refractivity contribution in [3.8, 4) is 0 Å². The lowest BCUT2D eigenvalue weighted by molar-refractivity contribution is 0.0787. The number of nitrogens with zero attached hydrogens (tertiary/aromatic N) is 3. The van der Waals surface area contributed by atoms with Crippen molar-refractivity contribution >= 4 is 29.0 Å². The number of nitrogens with one attached hydrogen (secondary N) is 1. The normalized spacial score (nSPS) is 13.6. The van der Waals surface area contributed by atoms with Gasteiger partial charge in [-0.3, -0.25) is 4.79 Å². The van der Waals surface area contributed by atoms with Gasteiger partial charge in [0.1, 0.15) is 10.7 Å². The van der Waals surface area contributed by atoms with Crippen LogP contribution in [0.1, 0.15) is 28.3 Å². The third kappa shape index (κ3) is 5.27. The first kappa shape index (κ1) is 19.3. The molecule has 1 aromatic carbocycles. The molecule has 0 atom stereocenters. The van der Waals surface area contributed by atoms with Gasteiger partial charge < -0.3 is 19.9 Å². The smallest absolute Gasteiger partial charge is 0.322 e. The minimum absolute atomic E-state index is 0.0211. The maximum absolute atomic E-state index is 12.6. The zero-order valence-electron chi connectivity index (χ0n) is 15.4. The number of carbonyl (C=O) groups is 2. The van der Waals surface area contributed by atoms with E-state index in [0.29, 0.717) is 25.4 Å². The van der Waals surface area contributed by atoms with E-state index in [1.165, 1.54) is 11.3 Å². The molecule has 0 aliphatic carbocycles. The Bertz CT molecular complexity index is 759. The number of rotatable bonds is 7. The summed E-state index contributed by atoms with van der Waals surface area (Å²) in [5.41, 5.74) is 1.20. The Kier molecular flexibility index (Phi) is 6.78. The van der Waals surface area contributed by atoms with Gasteiger partial charge in [-0.25, -0.2) is 9.78 Å². The number of para-hydroxylation sites is 1. The van der Waals surface area contributed by atoms with Crippen molar-refractivity contribution in [1.29, 1.82) is 0 Å². The third-order valence-electron chi connectivity index (χ3n) is 4.37. The molecule has 8 heteroatoms. The molecule has 1 aromatic heterocycles. The van der Waals surface area contributed by atoms with E-state index in [4.69, 9.17) is 4.74 Å². The van der Waals surface area contributed by atoms with E-state index in [1.807, 2.05) is 35.2 Å². The average Bonchev–Trinajstić information content (AvgIpc) is 3.37. The van der Waals surface area contributed by atoms with Gasteiger partial charge in [-0.2, -0.15) is 0 Å². The Morgan fingerprint density at radius 1 is 1.26 bits per heavy atom. The lowest BCUT2D eigenvalue weighted by Crippen LogP contribution is -2.36. The fraction of sp³-hybridized carbons (Fsp3) is 0.421. The summed E-state index contributed by atoms with van der Waals surface area (Å²) in [6.45, 7) is 2.79. The number of aromatic nitrogens is 1. The molecule has 1 saturated heterocycles. The number of benzene rings is 1. The van der Waals surface area contributed by atoms with Crippen LogP contribution in [0.5, 0.6) is 0 Å². The molecule has 1 fully saturated rings. The van der Waals surface area contributed by atoms with Crippen molar-refractivity contribution < 1.29 is 14.3 Å². The number of thiazole rings is 1. The minimum atomic E-state index is -0.221. The summed E-state index contributed by atoms with van der Waals surface area (Å²) in [4.78, 5) is 33.0. The van der Waals surface area contributed by atoms with E-state index in [1.54, 1.807) is 17.4 Å². The number of hydrogen-bond donors (Lipinski definition) is 1. The number of likely N-dealkylation sites (tertiary alicyclic amines) is 1. The van der Waals surface area contributed by atoms with Crippen LogP contribution in [0.2, 0.25) is 0 Å². The Morgan fingerprint density at radius 2 is 2.00 bits per heavy atom. The topological polar surface area (TPSA) is 74.8 Å². The van der Waals surface area contributed by atoms with Crippen LogP contribution in [-0.2, 0) is 11.3 Å². The molecule has 0 radical (unpaired) electrons. The predicted molar refractivity (Wildman–Crippen MR) is 105 cm³/mol. The molecule has 3 amide bonds. The molecule has 2 heterocycles. The highest BCUT2D eigenvalue weighted by molar-refractivity contribution is 7.09. The van der Waals surface area contributed by atoms with Crippen molar-refractivity contribution in [1.82, 2.24) is 14.8 Å². The van der Waals surface area contributed by atoms with Gasteiger partial charge in [0.2, 0.25) is 0 Å². The SMILES string of the molecule is COCCN(Cc1nc(C(=O)N2CCCC2)cs1)C(=O)Nc1ccccc1. The molecular formula is C19H24N4O3S. The summed E-state index contributed by atoms with van der Waals surface area (Å²) in [7, 11) is 1.60. The van der Waals surface area contributed by atoms with Crippen molar-refractivity contribution in [3.63, 3.8) is 0 Å². The summed E-state index contributed by atoms with van der Waals surface area (Å²) in [6.07, 6.45) is 2.10. The Balaban J connectivity index is 1.65. The minimum Gasteiger partial charge on any atom is -0.383 e.